The number of aromatic nitrogens is 3. The lowest BCUT2D eigenvalue weighted by molar-refractivity contribution is 0.559. The summed E-state index contributed by atoms with van der Waals surface area (Å²) in [6, 6.07) is 6.13. The molecule has 0 bridgehead atoms. The van der Waals surface area contributed by atoms with Gasteiger partial charge in [0.2, 0.25) is 0 Å². The van der Waals surface area contributed by atoms with Crippen molar-refractivity contribution in [3.05, 3.63) is 46.0 Å². The zero-order valence-electron chi connectivity index (χ0n) is 10.8. The van der Waals surface area contributed by atoms with Crippen LogP contribution in [0.25, 0.3) is 0 Å². The van der Waals surface area contributed by atoms with Crippen LogP contribution in [-0.2, 0) is 7.05 Å². The van der Waals surface area contributed by atoms with Crippen molar-refractivity contribution < 1.29 is 0 Å². The Bertz CT molecular complexity index is 516. The van der Waals surface area contributed by atoms with Gasteiger partial charge in [-0.25, -0.2) is 0 Å². The van der Waals surface area contributed by atoms with E-state index in [1.807, 2.05) is 43.0 Å². The highest BCUT2D eigenvalue weighted by molar-refractivity contribution is 9.10. The minimum atomic E-state index is 0.0526. The summed E-state index contributed by atoms with van der Waals surface area (Å²) < 4.78 is 2.88. The van der Waals surface area contributed by atoms with Gasteiger partial charge in [-0.05, 0) is 41.5 Å². The Morgan fingerprint density at radius 3 is 2.78 bits per heavy atom. The maximum atomic E-state index is 4.61. The number of nitrogens with one attached hydrogen (secondary N) is 1. The van der Waals surface area contributed by atoms with Crippen LogP contribution in [0.5, 0.6) is 0 Å². The second kappa shape index (κ2) is 5.63. The first-order valence-electron chi connectivity index (χ1n) is 5.97. The van der Waals surface area contributed by atoms with Gasteiger partial charge in [-0.1, -0.05) is 13.0 Å². The summed E-state index contributed by atoms with van der Waals surface area (Å²) in [6.07, 6.45) is 1.81. The fraction of sp³-hybridized carbons (Fsp3) is 0.385. The number of hydrogen-bond acceptors (Lipinski definition) is 3. The summed E-state index contributed by atoms with van der Waals surface area (Å²) in [7, 11) is 1.94. The summed E-state index contributed by atoms with van der Waals surface area (Å²) in [6.45, 7) is 4.97. The zero-order chi connectivity index (χ0) is 13.1. The molecule has 0 saturated carbocycles. The first-order valence-corrected chi connectivity index (χ1v) is 6.77. The van der Waals surface area contributed by atoms with Crippen LogP contribution in [-0.4, -0.2) is 21.3 Å². The Labute approximate surface area is 116 Å². The van der Waals surface area contributed by atoms with Crippen molar-refractivity contribution in [3.8, 4) is 0 Å². The highest BCUT2D eigenvalue weighted by Gasteiger charge is 2.21. The molecule has 0 aliphatic carbocycles. The van der Waals surface area contributed by atoms with E-state index in [2.05, 4.69) is 38.3 Å². The van der Waals surface area contributed by atoms with Gasteiger partial charge in [-0.3, -0.25) is 9.67 Å². The third kappa shape index (κ3) is 2.62. The molecule has 0 saturated heterocycles. The summed E-state index contributed by atoms with van der Waals surface area (Å²) in [4.78, 5) is 4.61. The van der Waals surface area contributed by atoms with Crippen LogP contribution in [0.1, 0.15) is 30.0 Å². The van der Waals surface area contributed by atoms with Gasteiger partial charge in [0.25, 0.3) is 0 Å². The lowest BCUT2D eigenvalue weighted by Gasteiger charge is -2.18. The van der Waals surface area contributed by atoms with E-state index in [4.69, 9.17) is 0 Å². The number of hydrogen-bond donors (Lipinski definition) is 1. The molecule has 2 aromatic heterocycles. The van der Waals surface area contributed by atoms with E-state index in [1.165, 1.54) is 0 Å². The Morgan fingerprint density at radius 2 is 2.22 bits per heavy atom. The van der Waals surface area contributed by atoms with Gasteiger partial charge < -0.3 is 5.32 Å². The van der Waals surface area contributed by atoms with Crippen molar-refractivity contribution in [2.24, 2.45) is 7.05 Å². The molecule has 18 heavy (non-hydrogen) atoms. The normalized spacial score (nSPS) is 12.7. The Hall–Kier alpha value is -1.20. The average Bonchev–Trinajstić information content (AvgIpc) is 2.67. The van der Waals surface area contributed by atoms with Gasteiger partial charge >= 0.3 is 0 Å². The third-order valence-corrected chi connectivity index (χ3v) is 3.44. The molecule has 1 unspecified atom stereocenters. The fourth-order valence-corrected chi connectivity index (χ4v) is 2.59. The number of rotatable bonds is 4. The largest absolute Gasteiger partial charge is 0.304 e. The molecular weight excluding hydrogens is 292 g/mol. The van der Waals surface area contributed by atoms with Gasteiger partial charge in [0.15, 0.2) is 0 Å². The first kappa shape index (κ1) is 13.2. The average molecular weight is 309 g/mol. The molecule has 0 spiro atoms. The summed E-state index contributed by atoms with van der Waals surface area (Å²) in [5.74, 6) is 0. The second-order valence-electron chi connectivity index (χ2n) is 4.20. The molecule has 0 amide bonds. The molecule has 2 aromatic rings. The van der Waals surface area contributed by atoms with Crippen molar-refractivity contribution in [2.45, 2.75) is 19.9 Å². The standard InChI is InChI=1S/C13H17BrN4/c1-4-15-12(11-7-5-6-9(2)17-11)13-10(14)8-16-18(13)3/h5-8,12,15H,4H2,1-3H3. The molecule has 1 atom stereocenters. The highest BCUT2D eigenvalue weighted by Crippen LogP contribution is 2.27. The Morgan fingerprint density at radius 1 is 1.44 bits per heavy atom. The lowest BCUT2D eigenvalue weighted by atomic mass is 10.1. The molecule has 96 valence electrons. The molecule has 1 N–H and O–H groups in total. The van der Waals surface area contributed by atoms with E-state index in [9.17, 15) is 0 Å². The molecule has 0 aromatic carbocycles. The van der Waals surface area contributed by atoms with E-state index in [0.29, 0.717) is 0 Å². The van der Waals surface area contributed by atoms with E-state index in [-0.39, 0.29) is 6.04 Å². The van der Waals surface area contributed by atoms with E-state index >= 15 is 0 Å². The van der Waals surface area contributed by atoms with Crippen molar-refractivity contribution >= 4 is 15.9 Å². The fourth-order valence-electron chi connectivity index (χ4n) is 2.02. The smallest absolute Gasteiger partial charge is 0.0933 e. The van der Waals surface area contributed by atoms with Crippen LogP contribution in [0.3, 0.4) is 0 Å². The quantitative estimate of drug-likeness (QED) is 0.944. The van der Waals surface area contributed by atoms with Gasteiger partial charge in [0.1, 0.15) is 0 Å². The second-order valence-corrected chi connectivity index (χ2v) is 5.05. The molecule has 0 radical (unpaired) electrons. The van der Waals surface area contributed by atoms with Crippen LogP contribution >= 0.6 is 15.9 Å². The summed E-state index contributed by atoms with van der Waals surface area (Å²) in [5.41, 5.74) is 3.13. The molecule has 2 heterocycles. The van der Waals surface area contributed by atoms with E-state index in [0.717, 1.165) is 28.1 Å². The molecule has 0 aliphatic rings. The molecule has 5 heteroatoms. The maximum absolute atomic E-state index is 4.61. The predicted octanol–water partition coefficient (Wildman–Crippen LogP) is 2.58. The van der Waals surface area contributed by atoms with Crippen LogP contribution in [0.2, 0.25) is 0 Å². The van der Waals surface area contributed by atoms with Crippen molar-refractivity contribution in [1.82, 2.24) is 20.1 Å². The van der Waals surface area contributed by atoms with Crippen molar-refractivity contribution in [1.29, 1.82) is 0 Å². The maximum Gasteiger partial charge on any atom is 0.0933 e. The topological polar surface area (TPSA) is 42.7 Å². The zero-order valence-corrected chi connectivity index (χ0v) is 12.4. The van der Waals surface area contributed by atoms with Crippen LogP contribution in [0, 0.1) is 6.92 Å². The van der Waals surface area contributed by atoms with Gasteiger partial charge in [0, 0.05) is 12.7 Å². The summed E-state index contributed by atoms with van der Waals surface area (Å²) in [5, 5.41) is 7.73. The molecule has 4 nitrogen and oxygen atoms in total. The highest BCUT2D eigenvalue weighted by atomic mass is 79.9. The molecular formula is C13H17BrN4. The van der Waals surface area contributed by atoms with Gasteiger partial charge in [-0.15, -0.1) is 0 Å². The number of aryl methyl sites for hydroxylation is 2. The van der Waals surface area contributed by atoms with Crippen LogP contribution < -0.4 is 5.32 Å². The SMILES string of the molecule is CCNC(c1cccc(C)n1)c1c(Br)cnn1C. The Balaban J connectivity index is 2.46. The molecule has 0 fully saturated rings. The minimum Gasteiger partial charge on any atom is -0.304 e. The minimum absolute atomic E-state index is 0.0526. The van der Waals surface area contributed by atoms with Gasteiger partial charge in [-0.2, -0.15) is 5.10 Å². The lowest BCUT2D eigenvalue weighted by Crippen LogP contribution is -2.25. The monoisotopic (exact) mass is 308 g/mol. The van der Waals surface area contributed by atoms with Crippen molar-refractivity contribution in [2.75, 3.05) is 6.54 Å². The van der Waals surface area contributed by atoms with E-state index in [1.54, 1.807) is 0 Å². The third-order valence-electron chi connectivity index (χ3n) is 2.82. The molecule has 0 aliphatic heterocycles. The predicted molar refractivity (Wildman–Crippen MR) is 75.4 cm³/mol. The van der Waals surface area contributed by atoms with Crippen molar-refractivity contribution in [3.63, 3.8) is 0 Å². The number of halogens is 1. The number of nitrogens with zero attached hydrogens (tertiary/aromatic N) is 3. The van der Waals surface area contributed by atoms with Gasteiger partial charge in [0.05, 0.1) is 28.1 Å². The van der Waals surface area contributed by atoms with Crippen LogP contribution in [0.15, 0.2) is 28.9 Å². The Kier molecular flexibility index (Phi) is 4.14. The number of pyridine rings is 1. The molecule has 2 rings (SSSR count). The summed E-state index contributed by atoms with van der Waals surface area (Å²) >= 11 is 3.55. The first-order chi connectivity index (χ1) is 8.63. The van der Waals surface area contributed by atoms with E-state index < -0.39 is 0 Å². The van der Waals surface area contributed by atoms with Crippen LogP contribution in [0.4, 0.5) is 0 Å².